The van der Waals surface area contributed by atoms with E-state index >= 15 is 0 Å². The first kappa shape index (κ1) is 15.4. The molecule has 0 saturated heterocycles. The first-order valence-electron chi connectivity index (χ1n) is 6.03. The first-order valence-corrected chi connectivity index (χ1v) is 6.03. The Balaban J connectivity index is 2.90. The van der Waals surface area contributed by atoms with Gasteiger partial charge in [-0.3, -0.25) is 4.79 Å². The number of aliphatic carboxylic acids is 1. The van der Waals surface area contributed by atoms with Crippen molar-refractivity contribution in [2.24, 2.45) is 5.41 Å². The number of benzene rings is 1. The van der Waals surface area contributed by atoms with E-state index in [0.717, 1.165) is 0 Å². The molecular formula is C14H18F2O3. The largest absolute Gasteiger partial charge is 0.494 e. The Labute approximate surface area is 111 Å². The number of hydrogen-bond donors (Lipinski definition) is 1. The standard InChI is InChI=1S/C14H18F2O3/c1-4-19-11-7-5-10(6-8-11)14(15,16)9-13(2,3)12(17)18/h5-8H,4,9H2,1-3H3,(H,17,18). The highest BCUT2D eigenvalue weighted by atomic mass is 19.3. The maximum Gasteiger partial charge on any atom is 0.309 e. The smallest absolute Gasteiger partial charge is 0.309 e. The van der Waals surface area contributed by atoms with Crippen LogP contribution in [0.15, 0.2) is 24.3 Å². The Bertz CT molecular complexity index is 439. The van der Waals surface area contributed by atoms with E-state index in [9.17, 15) is 13.6 Å². The SMILES string of the molecule is CCOc1ccc(C(F)(F)CC(C)(C)C(=O)O)cc1. The van der Waals surface area contributed by atoms with E-state index in [1.54, 1.807) is 6.92 Å². The monoisotopic (exact) mass is 272 g/mol. The summed E-state index contributed by atoms with van der Waals surface area (Å²) in [7, 11) is 0. The molecule has 0 aromatic heterocycles. The van der Waals surface area contributed by atoms with E-state index < -0.39 is 23.7 Å². The number of carbonyl (C=O) groups is 1. The Morgan fingerprint density at radius 3 is 2.21 bits per heavy atom. The summed E-state index contributed by atoms with van der Waals surface area (Å²) in [5, 5.41) is 8.91. The highest BCUT2D eigenvalue weighted by Gasteiger charge is 2.42. The highest BCUT2D eigenvalue weighted by molar-refractivity contribution is 5.73. The van der Waals surface area contributed by atoms with Gasteiger partial charge in [0.15, 0.2) is 0 Å². The van der Waals surface area contributed by atoms with Gasteiger partial charge in [0.05, 0.1) is 12.0 Å². The van der Waals surface area contributed by atoms with Gasteiger partial charge in [-0.1, -0.05) is 0 Å². The minimum absolute atomic E-state index is 0.203. The maximum atomic E-state index is 14.0. The molecule has 19 heavy (non-hydrogen) atoms. The molecule has 1 rings (SSSR count). The third-order valence-corrected chi connectivity index (χ3v) is 2.83. The summed E-state index contributed by atoms with van der Waals surface area (Å²) >= 11 is 0. The molecule has 0 spiro atoms. The number of carboxylic acids is 1. The average Bonchev–Trinajstić information content (AvgIpc) is 2.28. The second-order valence-electron chi connectivity index (χ2n) is 5.03. The second kappa shape index (κ2) is 5.55. The molecule has 0 fully saturated rings. The zero-order valence-electron chi connectivity index (χ0n) is 11.2. The molecule has 1 aromatic rings. The average molecular weight is 272 g/mol. The number of halogens is 2. The van der Waals surface area contributed by atoms with Crippen LogP contribution in [-0.4, -0.2) is 17.7 Å². The molecule has 0 atom stereocenters. The molecule has 0 aliphatic heterocycles. The topological polar surface area (TPSA) is 46.5 Å². The third kappa shape index (κ3) is 3.91. The fourth-order valence-corrected chi connectivity index (χ4v) is 1.69. The Hall–Kier alpha value is -1.65. The molecule has 106 valence electrons. The lowest BCUT2D eigenvalue weighted by molar-refractivity contribution is -0.153. The van der Waals surface area contributed by atoms with Gasteiger partial charge in [0, 0.05) is 12.0 Å². The van der Waals surface area contributed by atoms with Crippen molar-refractivity contribution in [2.45, 2.75) is 33.1 Å². The van der Waals surface area contributed by atoms with Gasteiger partial charge in [0.1, 0.15) is 5.75 Å². The minimum Gasteiger partial charge on any atom is -0.494 e. The summed E-state index contributed by atoms with van der Waals surface area (Å²) in [6.07, 6.45) is -0.747. The van der Waals surface area contributed by atoms with Crippen LogP contribution < -0.4 is 4.74 Å². The van der Waals surface area contributed by atoms with Crippen molar-refractivity contribution >= 4 is 5.97 Å². The van der Waals surface area contributed by atoms with E-state index in [-0.39, 0.29) is 5.56 Å². The van der Waals surface area contributed by atoms with Crippen LogP contribution in [0.5, 0.6) is 5.75 Å². The van der Waals surface area contributed by atoms with Gasteiger partial charge in [-0.05, 0) is 45.0 Å². The van der Waals surface area contributed by atoms with Crippen molar-refractivity contribution in [3.05, 3.63) is 29.8 Å². The van der Waals surface area contributed by atoms with Crippen LogP contribution in [-0.2, 0) is 10.7 Å². The van der Waals surface area contributed by atoms with Crippen LogP contribution >= 0.6 is 0 Å². The predicted octanol–water partition coefficient (Wildman–Crippen LogP) is 3.68. The van der Waals surface area contributed by atoms with Crippen molar-refractivity contribution < 1.29 is 23.4 Å². The van der Waals surface area contributed by atoms with Crippen LogP contribution in [0.2, 0.25) is 0 Å². The van der Waals surface area contributed by atoms with E-state index in [2.05, 4.69) is 0 Å². The highest BCUT2D eigenvalue weighted by Crippen LogP contribution is 2.40. The summed E-state index contributed by atoms with van der Waals surface area (Å²) in [4.78, 5) is 10.9. The molecule has 0 heterocycles. The molecule has 1 N–H and O–H groups in total. The summed E-state index contributed by atoms with van der Waals surface area (Å²) < 4.78 is 33.2. The van der Waals surface area contributed by atoms with E-state index in [1.165, 1.54) is 38.1 Å². The van der Waals surface area contributed by atoms with Gasteiger partial charge in [0.2, 0.25) is 0 Å². The number of rotatable bonds is 6. The number of carboxylic acid groups (broad SMARTS) is 1. The lowest BCUT2D eigenvalue weighted by atomic mass is 9.84. The fraction of sp³-hybridized carbons (Fsp3) is 0.500. The van der Waals surface area contributed by atoms with Gasteiger partial charge < -0.3 is 9.84 Å². The van der Waals surface area contributed by atoms with Crippen LogP contribution in [0.4, 0.5) is 8.78 Å². The van der Waals surface area contributed by atoms with Crippen LogP contribution in [0.25, 0.3) is 0 Å². The van der Waals surface area contributed by atoms with Crippen LogP contribution in [0.1, 0.15) is 32.8 Å². The minimum atomic E-state index is -3.19. The molecule has 0 radical (unpaired) electrons. The Morgan fingerprint density at radius 2 is 1.79 bits per heavy atom. The lowest BCUT2D eigenvalue weighted by Gasteiger charge is -2.26. The molecule has 0 amide bonds. The maximum absolute atomic E-state index is 14.0. The van der Waals surface area contributed by atoms with Crippen LogP contribution in [0.3, 0.4) is 0 Å². The van der Waals surface area contributed by atoms with E-state index in [4.69, 9.17) is 9.84 Å². The van der Waals surface area contributed by atoms with Gasteiger partial charge in [-0.25, -0.2) is 8.78 Å². The van der Waals surface area contributed by atoms with Crippen LogP contribution in [0, 0.1) is 5.41 Å². The van der Waals surface area contributed by atoms with Crippen molar-refractivity contribution in [2.75, 3.05) is 6.61 Å². The van der Waals surface area contributed by atoms with E-state index in [0.29, 0.717) is 12.4 Å². The quantitative estimate of drug-likeness (QED) is 0.859. The number of hydrogen-bond acceptors (Lipinski definition) is 2. The Morgan fingerprint density at radius 1 is 1.26 bits per heavy atom. The van der Waals surface area contributed by atoms with Gasteiger partial charge in [0.25, 0.3) is 5.92 Å². The summed E-state index contributed by atoms with van der Waals surface area (Å²) in [6, 6.07) is 5.45. The zero-order chi connectivity index (χ0) is 14.7. The third-order valence-electron chi connectivity index (χ3n) is 2.83. The van der Waals surface area contributed by atoms with Gasteiger partial charge >= 0.3 is 5.97 Å². The second-order valence-corrected chi connectivity index (χ2v) is 5.03. The predicted molar refractivity (Wildman–Crippen MR) is 67.5 cm³/mol. The first-order chi connectivity index (χ1) is 8.69. The molecule has 0 bridgehead atoms. The van der Waals surface area contributed by atoms with Crippen molar-refractivity contribution in [3.8, 4) is 5.75 Å². The lowest BCUT2D eigenvalue weighted by Crippen LogP contribution is -2.31. The number of ether oxygens (including phenoxy) is 1. The zero-order valence-corrected chi connectivity index (χ0v) is 11.2. The molecule has 0 aliphatic rings. The normalized spacial score (nSPS) is 12.3. The molecule has 0 aliphatic carbocycles. The summed E-state index contributed by atoms with van der Waals surface area (Å²) in [5.41, 5.74) is -1.69. The van der Waals surface area contributed by atoms with E-state index in [1.807, 2.05) is 0 Å². The Kier molecular flexibility index (Phi) is 4.50. The van der Waals surface area contributed by atoms with Crippen molar-refractivity contribution in [1.82, 2.24) is 0 Å². The molecule has 3 nitrogen and oxygen atoms in total. The van der Waals surface area contributed by atoms with Crippen molar-refractivity contribution in [1.29, 1.82) is 0 Å². The van der Waals surface area contributed by atoms with Gasteiger partial charge in [-0.2, -0.15) is 0 Å². The fourth-order valence-electron chi connectivity index (χ4n) is 1.69. The summed E-state index contributed by atoms with van der Waals surface area (Å²) in [6.45, 7) is 4.84. The molecule has 0 unspecified atom stereocenters. The van der Waals surface area contributed by atoms with Gasteiger partial charge in [-0.15, -0.1) is 0 Å². The number of alkyl halides is 2. The molecule has 0 saturated carbocycles. The summed E-state index contributed by atoms with van der Waals surface area (Å²) in [5.74, 6) is -3.91. The molecular weight excluding hydrogens is 254 g/mol. The molecule has 5 heteroatoms. The van der Waals surface area contributed by atoms with Crippen molar-refractivity contribution in [3.63, 3.8) is 0 Å². The molecule has 1 aromatic carbocycles.